The number of hydrogen-bond donors (Lipinski definition) is 4. The molecule has 0 aromatic rings. The van der Waals surface area contributed by atoms with Crippen molar-refractivity contribution in [1.82, 2.24) is 10.6 Å². The molecule has 0 radical (unpaired) electrons. The number of carboxylic acid groups (broad SMARTS) is 2. The van der Waals surface area contributed by atoms with E-state index in [9.17, 15) is 19.2 Å². The maximum Gasteiger partial charge on any atom is 0.329 e. The van der Waals surface area contributed by atoms with Gasteiger partial charge in [-0.2, -0.15) is 0 Å². The third-order valence-electron chi connectivity index (χ3n) is 3.87. The largest absolute Gasteiger partial charge is 0.481 e. The minimum absolute atomic E-state index is 0.0215. The summed E-state index contributed by atoms with van der Waals surface area (Å²) in [5, 5.41) is 22.0. The van der Waals surface area contributed by atoms with Crippen LogP contribution in [0.4, 0.5) is 0 Å². The normalized spacial score (nSPS) is 10.7. The van der Waals surface area contributed by atoms with Crippen molar-refractivity contribution in [2.24, 2.45) is 0 Å². The molecule has 14 heteroatoms. The van der Waals surface area contributed by atoms with Crippen LogP contribution in [0.2, 0.25) is 0 Å². The number of amides is 2. The van der Waals surface area contributed by atoms with Crippen molar-refractivity contribution in [2.75, 3.05) is 92.4 Å². The van der Waals surface area contributed by atoms with Crippen molar-refractivity contribution < 1.29 is 57.8 Å². The minimum Gasteiger partial charge on any atom is -0.481 e. The Kier molecular flexibility index (Phi) is 23.1. The highest BCUT2D eigenvalue weighted by molar-refractivity contribution is 5.80. The fraction of sp³-hybridized carbons (Fsp3) is 0.810. The van der Waals surface area contributed by atoms with E-state index in [-0.39, 0.29) is 31.9 Å². The van der Waals surface area contributed by atoms with Gasteiger partial charge in [-0.05, 0) is 6.42 Å². The summed E-state index contributed by atoms with van der Waals surface area (Å²) >= 11 is 0. The van der Waals surface area contributed by atoms with Crippen molar-refractivity contribution in [2.45, 2.75) is 19.3 Å². The smallest absolute Gasteiger partial charge is 0.329 e. The van der Waals surface area contributed by atoms with E-state index in [1.807, 2.05) is 0 Å². The van der Waals surface area contributed by atoms with Crippen molar-refractivity contribution >= 4 is 23.8 Å². The third kappa shape index (κ3) is 27.8. The first-order chi connectivity index (χ1) is 16.9. The summed E-state index contributed by atoms with van der Waals surface area (Å²) in [7, 11) is 0. The molecule has 0 saturated heterocycles. The lowest BCUT2D eigenvalue weighted by molar-refractivity contribution is -0.143. The number of rotatable bonds is 26. The molecule has 0 unspecified atom stereocenters. The monoisotopic (exact) mass is 510 g/mol. The second-order valence-corrected chi connectivity index (χ2v) is 6.90. The highest BCUT2D eigenvalue weighted by Crippen LogP contribution is 1.90. The number of carbonyl (C=O) groups excluding carboxylic acids is 2. The average molecular weight is 511 g/mol. The second kappa shape index (κ2) is 24.8. The van der Waals surface area contributed by atoms with Crippen LogP contribution in [0.1, 0.15) is 19.3 Å². The highest BCUT2D eigenvalue weighted by atomic mass is 16.6. The molecule has 0 fully saturated rings. The molecule has 0 atom stereocenters. The Bertz CT molecular complexity index is 577. The summed E-state index contributed by atoms with van der Waals surface area (Å²) in [5.74, 6) is -2.81. The number of nitrogens with one attached hydrogen (secondary N) is 2. The molecule has 0 rings (SSSR count). The predicted octanol–water partition coefficient (Wildman–Crippen LogP) is -1.34. The van der Waals surface area contributed by atoms with Crippen LogP contribution in [0.5, 0.6) is 0 Å². The van der Waals surface area contributed by atoms with Gasteiger partial charge < -0.3 is 49.3 Å². The molecular formula is C21H38N2O12. The van der Waals surface area contributed by atoms with Crippen molar-refractivity contribution in [3.8, 4) is 0 Å². The van der Waals surface area contributed by atoms with Gasteiger partial charge in [0.15, 0.2) is 0 Å². The quantitative estimate of drug-likeness (QED) is 0.100. The van der Waals surface area contributed by atoms with Gasteiger partial charge in [0, 0.05) is 26.1 Å². The maximum atomic E-state index is 11.3. The first kappa shape index (κ1) is 32.6. The average Bonchev–Trinajstić information content (AvgIpc) is 2.81. The third-order valence-corrected chi connectivity index (χ3v) is 3.87. The molecule has 0 aliphatic heterocycles. The zero-order chi connectivity index (χ0) is 26.0. The summed E-state index contributed by atoms with van der Waals surface area (Å²) in [5.41, 5.74) is 0. The molecular weight excluding hydrogens is 472 g/mol. The van der Waals surface area contributed by atoms with Gasteiger partial charge in [0.2, 0.25) is 11.8 Å². The summed E-state index contributed by atoms with van der Waals surface area (Å²) in [6, 6.07) is 0. The highest BCUT2D eigenvalue weighted by Gasteiger charge is 2.04. The molecule has 0 aliphatic rings. The molecule has 0 spiro atoms. The number of carbonyl (C=O) groups is 4. The van der Waals surface area contributed by atoms with E-state index in [1.54, 1.807) is 0 Å². The van der Waals surface area contributed by atoms with Crippen LogP contribution < -0.4 is 10.6 Å². The Morgan fingerprint density at radius 1 is 0.486 bits per heavy atom. The molecule has 0 saturated carbocycles. The van der Waals surface area contributed by atoms with Gasteiger partial charge >= 0.3 is 11.9 Å². The Labute approximate surface area is 204 Å². The first-order valence-electron chi connectivity index (χ1n) is 11.3. The van der Waals surface area contributed by atoms with Crippen LogP contribution >= 0.6 is 0 Å². The topological polar surface area (TPSA) is 188 Å². The van der Waals surface area contributed by atoms with Gasteiger partial charge in [0.25, 0.3) is 0 Å². The Balaban J connectivity index is 3.17. The lowest BCUT2D eigenvalue weighted by atomic mass is 10.3. The van der Waals surface area contributed by atoms with E-state index in [0.29, 0.717) is 79.0 Å². The summed E-state index contributed by atoms with van der Waals surface area (Å²) in [4.78, 5) is 43.2. The fourth-order valence-corrected chi connectivity index (χ4v) is 2.24. The van der Waals surface area contributed by atoms with Crippen LogP contribution in [0.3, 0.4) is 0 Å². The second-order valence-electron chi connectivity index (χ2n) is 6.90. The van der Waals surface area contributed by atoms with Crippen LogP contribution in [-0.2, 0) is 47.6 Å². The number of aliphatic carboxylic acids is 2. The van der Waals surface area contributed by atoms with Gasteiger partial charge in [0.05, 0.1) is 65.9 Å². The number of ether oxygens (including phenoxy) is 6. The molecule has 0 aromatic carbocycles. The fourth-order valence-electron chi connectivity index (χ4n) is 2.24. The van der Waals surface area contributed by atoms with Gasteiger partial charge in [0.1, 0.15) is 13.2 Å². The Morgan fingerprint density at radius 2 is 0.971 bits per heavy atom. The van der Waals surface area contributed by atoms with E-state index < -0.39 is 24.5 Å². The molecule has 0 heterocycles. The van der Waals surface area contributed by atoms with Crippen LogP contribution in [0, 0.1) is 0 Å². The molecule has 2 amide bonds. The van der Waals surface area contributed by atoms with Crippen molar-refractivity contribution in [1.29, 1.82) is 0 Å². The molecule has 204 valence electrons. The zero-order valence-corrected chi connectivity index (χ0v) is 20.0. The van der Waals surface area contributed by atoms with Gasteiger partial charge in [-0.1, -0.05) is 0 Å². The van der Waals surface area contributed by atoms with Gasteiger partial charge in [-0.25, -0.2) is 4.79 Å². The first-order valence-corrected chi connectivity index (χ1v) is 11.3. The lowest BCUT2D eigenvalue weighted by Crippen LogP contribution is -2.31. The SMILES string of the molecule is O=C(O)CCC(=O)NCCCOCCOCCOCCOCCOCCNC(=O)COCC(=O)O. The van der Waals surface area contributed by atoms with E-state index in [2.05, 4.69) is 15.4 Å². The molecule has 4 N–H and O–H groups in total. The minimum atomic E-state index is -1.13. The lowest BCUT2D eigenvalue weighted by Gasteiger charge is -2.08. The summed E-state index contributed by atoms with van der Waals surface area (Å²) in [6.45, 7) is 3.98. The Hall–Kier alpha value is -2.36. The molecule has 0 aliphatic carbocycles. The van der Waals surface area contributed by atoms with E-state index in [1.165, 1.54) is 0 Å². The van der Waals surface area contributed by atoms with Crippen LogP contribution in [0.25, 0.3) is 0 Å². The molecule has 35 heavy (non-hydrogen) atoms. The van der Waals surface area contributed by atoms with E-state index in [0.717, 1.165) is 0 Å². The maximum absolute atomic E-state index is 11.3. The van der Waals surface area contributed by atoms with Crippen molar-refractivity contribution in [3.63, 3.8) is 0 Å². The summed E-state index contributed by atoms with van der Waals surface area (Å²) in [6.07, 6.45) is 0.439. The zero-order valence-electron chi connectivity index (χ0n) is 20.0. The standard InChI is InChI=1S/C21H38N2O12/c24-18(2-3-20(26)27)22-4-1-6-30-8-10-32-12-14-34-15-13-33-11-9-31-7-5-23-19(25)16-35-17-21(28)29/h1-17H2,(H,22,24)(H,23,25)(H,26,27)(H,28,29). The van der Waals surface area contributed by atoms with Crippen molar-refractivity contribution in [3.05, 3.63) is 0 Å². The Morgan fingerprint density at radius 3 is 1.49 bits per heavy atom. The summed E-state index contributed by atoms with van der Waals surface area (Å²) < 4.78 is 31.4. The predicted molar refractivity (Wildman–Crippen MR) is 120 cm³/mol. The van der Waals surface area contributed by atoms with E-state index in [4.69, 9.17) is 33.9 Å². The van der Waals surface area contributed by atoms with Crippen LogP contribution in [-0.4, -0.2) is 126 Å². The molecule has 0 bridgehead atoms. The molecule has 14 nitrogen and oxygen atoms in total. The van der Waals surface area contributed by atoms with Gasteiger partial charge in [-0.15, -0.1) is 0 Å². The van der Waals surface area contributed by atoms with E-state index >= 15 is 0 Å². The number of hydrogen-bond acceptors (Lipinski definition) is 10. The number of carboxylic acids is 2. The molecule has 0 aromatic heterocycles. The van der Waals surface area contributed by atoms with Crippen LogP contribution in [0.15, 0.2) is 0 Å². The van der Waals surface area contributed by atoms with Gasteiger partial charge in [-0.3, -0.25) is 14.4 Å².